The summed E-state index contributed by atoms with van der Waals surface area (Å²) < 4.78 is 5.63. The largest absolute Gasteiger partial charge is 0.496 e. The van der Waals surface area contributed by atoms with Crippen molar-refractivity contribution in [1.29, 1.82) is 0 Å². The Hall–Kier alpha value is -2.60. The Bertz CT molecular complexity index is 744. The van der Waals surface area contributed by atoms with Gasteiger partial charge in [0.1, 0.15) is 5.75 Å². The van der Waals surface area contributed by atoms with Crippen molar-refractivity contribution in [3.05, 3.63) is 59.9 Å². The summed E-state index contributed by atoms with van der Waals surface area (Å²) in [5.41, 5.74) is 2.44. The SMILES string of the molecule is CN=C(NCCc1cccnc1)NCC(c1ccccc1OC)N1CCCC1. The summed E-state index contributed by atoms with van der Waals surface area (Å²) in [6, 6.07) is 12.6. The van der Waals surface area contributed by atoms with E-state index >= 15 is 0 Å². The van der Waals surface area contributed by atoms with E-state index in [0.717, 1.165) is 44.3 Å². The number of nitrogens with one attached hydrogen (secondary N) is 2. The van der Waals surface area contributed by atoms with Crippen LogP contribution in [-0.4, -0.2) is 56.2 Å². The van der Waals surface area contributed by atoms with E-state index in [1.807, 2.05) is 31.4 Å². The van der Waals surface area contributed by atoms with Crippen molar-refractivity contribution in [2.75, 3.05) is 40.3 Å². The molecule has 6 heteroatoms. The Balaban J connectivity index is 1.60. The summed E-state index contributed by atoms with van der Waals surface area (Å²) in [5.74, 6) is 1.77. The molecule has 1 fully saturated rings. The molecule has 0 bridgehead atoms. The van der Waals surface area contributed by atoms with Gasteiger partial charge in [0.15, 0.2) is 5.96 Å². The number of methoxy groups -OCH3 is 1. The van der Waals surface area contributed by atoms with Gasteiger partial charge in [0.25, 0.3) is 0 Å². The fraction of sp³-hybridized carbons (Fsp3) is 0.455. The summed E-state index contributed by atoms with van der Waals surface area (Å²) in [5, 5.41) is 6.91. The number of pyridine rings is 1. The molecule has 150 valence electrons. The molecule has 1 aromatic heterocycles. The molecule has 6 nitrogen and oxygen atoms in total. The molecule has 0 amide bonds. The normalized spacial score (nSPS) is 16.0. The standard InChI is InChI=1S/C22H31N5O/c1-23-22(25-13-11-18-8-7-12-24-16-18)26-17-20(27-14-5-6-15-27)19-9-3-4-10-21(19)28-2/h3-4,7-10,12,16,20H,5-6,11,13-15,17H2,1-2H3,(H2,23,25,26). The molecule has 2 aromatic rings. The van der Waals surface area contributed by atoms with Crippen LogP contribution in [0.2, 0.25) is 0 Å². The Morgan fingerprint density at radius 2 is 2.00 bits per heavy atom. The van der Waals surface area contributed by atoms with Gasteiger partial charge in [-0.2, -0.15) is 0 Å². The summed E-state index contributed by atoms with van der Waals surface area (Å²) in [6.07, 6.45) is 7.13. The number of benzene rings is 1. The lowest BCUT2D eigenvalue weighted by Crippen LogP contribution is -2.43. The number of likely N-dealkylation sites (tertiary alicyclic amines) is 1. The van der Waals surface area contributed by atoms with Crippen LogP contribution in [0.15, 0.2) is 53.8 Å². The highest BCUT2D eigenvalue weighted by atomic mass is 16.5. The molecule has 1 aliphatic heterocycles. The number of hydrogen-bond acceptors (Lipinski definition) is 4. The molecular weight excluding hydrogens is 350 g/mol. The second-order valence-corrected chi connectivity index (χ2v) is 6.99. The Labute approximate surface area is 168 Å². The van der Waals surface area contributed by atoms with Crippen LogP contribution >= 0.6 is 0 Å². The van der Waals surface area contributed by atoms with Crippen molar-refractivity contribution in [1.82, 2.24) is 20.5 Å². The van der Waals surface area contributed by atoms with Crippen LogP contribution in [0.25, 0.3) is 0 Å². The molecule has 1 atom stereocenters. The van der Waals surface area contributed by atoms with Gasteiger partial charge in [0.05, 0.1) is 13.2 Å². The van der Waals surface area contributed by atoms with Crippen molar-refractivity contribution < 1.29 is 4.74 Å². The maximum atomic E-state index is 5.63. The highest BCUT2D eigenvalue weighted by Gasteiger charge is 2.25. The van der Waals surface area contributed by atoms with E-state index in [9.17, 15) is 0 Å². The van der Waals surface area contributed by atoms with E-state index < -0.39 is 0 Å². The molecule has 1 aliphatic rings. The number of aliphatic imine (C=N–C) groups is 1. The third-order valence-corrected chi connectivity index (χ3v) is 5.19. The van der Waals surface area contributed by atoms with E-state index in [1.165, 1.54) is 24.0 Å². The van der Waals surface area contributed by atoms with E-state index in [1.54, 1.807) is 13.3 Å². The molecular formula is C22H31N5O. The second kappa shape index (κ2) is 10.7. The van der Waals surface area contributed by atoms with Crippen LogP contribution in [0.3, 0.4) is 0 Å². The number of para-hydroxylation sites is 1. The summed E-state index contributed by atoms with van der Waals surface area (Å²) in [7, 11) is 3.56. The first-order chi connectivity index (χ1) is 13.8. The maximum Gasteiger partial charge on any atom is 0.191 e. The Morgan fingerprint density at radius 1 is 1.18 bits per heavy atom. The molecule has 1 aromatic carbocycles. The lowest BCUT2D eigenvalue weighted by molar-refractivity contribution is 0.239. The summed E-state index contributed by atoms with van der Waals surface area (Å²) in [6.45, 7) is 3.84. The summed E-state index contributed by atoms with van der Waals surface area (Å²) in [4.78, 5) is 11.1. The zero-order valence-electron chi connectivity index (χ0n) is 16.9. The zero-order chi connectivity index (χ0) is 19.6. The first-order valence-electron chi connectivity index (χ1n) is 10.0. The van der Waals surface area contributed by atoms with Crippen molar-refractivity contribution >= 4 is 5.96 Å². The van der Waals surface area contributed by atoms with Crippen molar-refractivity contribution in [2.45, 2.75) is 25.3 Å². The molecule has 28 heavy (non-hydrogen) atoms. The van der Waals surface area contributed by atoms with Crippen LogP contribution in [-0.2, 0) is 6.42 Å². The third-order valence-electron chi connectivity index (χ3n) is 5.19. The zero-order valence-corrected chi connectivity index (χ0v) is 16.9. The van der Waals surface area contributed by atoms with Crippen LogP contribution < -0.4 is 15.4 Å². The second-order valence-electron chi connectivity index (χ2n) is 6.99. The number of aromatic nitrogens is 1. The van der Waals surface area contributed by atoms with E-state index in [4.69, 9.17) is 4.74 Å². The van der Waals surface area contributed by atoms with Gasteiger partial charge in [0.2, 0.25) is 0 Å². The van der Waals surface area contributed by atoms with Gasteiger partial charge < -0.3 is 15.4 Å². The van der Waals surface area contributed by atoms with Crippen LogP contribution in [0.1, 0.15) is 30.0 Å². The number of hydrogen-bond donors (Lipinski definition) is 2. The molecule has 3 rings (SSSR count). The molecule has 0 saturated carbocycles. The molecule has 2 heterocycles. The first-order valence-corrected chi connectivity index (χ1v) is 10.0. The quantitative estimate of drug-likeness (QED) is 0.544. The summed E-state index contributed by atoms with van der Waals surface area (Å²) >= 11 is 0. The minimum Gasteiger partial charge on any atom is -0.496 e. The van der Waals surface area contributed by atoms with E-state index in [-0.39, 0.29) is 6.04 Å². The lowest BCUT2D eigenvalue weighted by Gasteiger charge is -2.30. The molecule has 0 aliphatic carbocycles. The molecule has 2 N–H and O–H groups in total. The lowest BCUT2D eigenvalue weighted by atomic mass is 10.0. The Kier molecular flexibility index (Phi) is 7.67. The van der Waals surface area contributed by atoms with Gasteiger partial charge in [-0.05, 0) is 50.0 Å². The predicted molar refractivity (Wildman–Crippen MR) is 114 cm³/mol. The van der Waals surface area contributed by atoms with E-state index in [2.05, 4.69) is 43.7 Å². The highest BCUT2D eigenvalue weighted by Crippen LogP contribution is 2.31. The van der Waals surface area contributed by atoms with Gasteiger partial charge in [-0.3, -0.25) is 14.9 Å². The fourth-order valence-corrected chi connectivity index (χ4v) is 3.72. The van der Waals surface area contributed by atoms with Crippen LogP contribution in [0.4, 0.5) is 0 Å². The fourth-order valence-electron chi connectivity index (χ4n) is 3.72. The number of ether oxygens (including phenoxy) is 1. The van der Waals surface area contributed by atoms with E-state index in [0.29, 0.717) is 0 Å². The van der Waals surface area contributed by atoms with Gasteiger partial charge in [-0.1, -0.05) is 24.3 Å². The van der Waals surface area contributed by atoms with Crippen molar-refractivity contribution in [2.24, 2.45) is 4.99 Å². The van der Waals surface area contributed by atoms with Crippen molar-refractivity contribution in [3.63, 3.8) is 0 Å². The van der Waals surface area contributed by atoms with Crippen LogP contribution in [0.5, 0.6) is 5.75 Å². The van der Waals surface area contributed by atoms with Gasteiger partial charge in [0, 0.05) is 38.1 Å². The smallest absolute Gasteiger partial charge is 0.191 e. The third kappa shape index (κ3) is 5.45. The predicted octanol–water partition coefficient (Wildman–Crippen LogP) is 2.63. The first kappa shape index (κ1) is 20.1. The maximum absolute atomic E-state index is 5.63. The minimum absolute atomic E-state index is 0.260. The molecule has 1 unspecified atom stereocenters. The van der Waals surface area contributed by atoms with Gasteiger partial charge >= 0.3 is 0 Å². The average molecular weight is 382 g/mol. The molecule has 0 spiro atoms. The van der Waals surface area contributed by atoms with Gasteiger partial charge in [-0.25, -0.2) is 0 Å². The molecule has 1 saturated heterocycles. The number of guanidine groups is 1. The average Bonchev–Trinajstić information content (AvgIpc) is 3.28. The molecule has 0 radical (unpaired) electrons. The van der Waals surface area contributed by atoms with Crippen LogP contribution in [0, 0.1) is 0 Å². The number of rotatable bonds is 8. The minimum atomic E-state index is 0.260. The highest BCUT2D eigenvalue weighted by molar-refractivity contribution is 5.79. The van der Waals surface area contributed by atoms with Gasteiger partial charge in [-0.15, -0.1) is 0 Å². The topological polar surface area (TPSA) is 61.8 Å². The number of nitrogens with zero attached hydrogens (tertiary/aromatic N) is 3. The Morgan fingerprint density at radius 3 is 2.71 bits per heavy atom. The monoisotopic (exact) mass is 381 g/mol. The van der Waals surface area contributed by atoms with Crippen molar-refractivity contribution in [3.8, 4) is 5.75 Å².